The molecular formula is C14H19BrO. The number of ketones is 1. The summed E-state index contributed by atoms with van der Waals surface area (Å²) in [5.41, 5.74) is 1.09. The number of carbonyl (C=O) groups is 1. The molecule has 0 bridgehead atoms. The summed E-state index contributed by atoms with van der Waals surface area (Å²) >= 11 is 3.45. The van der Waals surface area contributed by atoms with Gasteiger partial charge in [0.05, 0.1) is 0 Å². The number of rotatable bonds is 4. The maximum atomic E-state index is 11.7. The lowest BCUT2D eigenvalue weighted by molar-refractivity contribution is -0.126. The predicted molar refractivity (Wildman–Crippen MR) is 71.5 cm³/mol. The molecule has 1 rings (SSSR count). The number of halogens is 1. The third-order valence-corrected chi connectivity index (χ3v) is 3.09. The molecule has 0 aromatic heterocycles. The van der Waals surface area contributed by atoms with Crippen LogP contribution in [-0.2, 0) is 11.2 Å². The summed E-state index contributed by atoms with van der Waals surface area (Å²) < 4.78 is 1.10. The molecule has 1 aromatic rings. The highest BCUT2D eigenvalue weighted by Crippen LogP contribution is 2.19. The number of carbonyl (C=O) groups excluding carboxylic acids is 1. The van der Waals surface area contributed by atoms with Crippen molar-refractivity contribution in [2.45, 2.75) is 40.0 Å². The molecule has 0 aliphatic heterocycles. The number of aryl methyl sites for hydroxylation is 1. The van der Waals surface area contributed by atoms with Gasteiger partial charge in [0.2, 0.25) is 0 Å². The Bertz CT molecular complexity index is 363. The Morgan fingerprint density at radius 2 is 2.00 bits per heavy atom. The van der Waals surface area contributed by atoms with Crippen LogP contribution in [-0.4, -0.2) is 5.78 Å². The van der Waals surface area contributed by atoms with Crippen molar-refractivity contribution in [2.75, 3.05) is 0 Å². The molecule has 0 aliphatic carbocycles. The summed E-state index contributed by atoms with van der Waals surface area (Å²) in [4.78, 5) is 11.7. The van der Waals surface area contributed by atoms with E-state index in [-0.39, 0.29) is 5.41 Å². The van der Waals surface area contributed by atoms with Crippen molar-refractivity contribution in [3.05, 3.63) is 34.3 Å². The Labute approximate surface area is 106 Å². The van der Waals surface area contributed by atoms with E-state index in [9.17, 15) is 4.79 Å². The normalized spacial score (nSPS) is 11.5. The van der Waals surface area contributed by atoms with E-state index in [0.29, 0.717) is 12.2 Å². The first kappa shape index (κ1) is 13.4. The fraction of sp³-hybridized carbons (Fsp3) is 0.500. The highest BCUT2D eigenvalue weighted by Gasteiger charge is 2.19. The molecule has 0 atom stereocenters. The molecule has 0 amide bonds. The lowest BCUT2D eigenvalue weighted by atomic mass is 9.87. The fourth-order valence-electron chi connectivity index (χ4n) is 1.52. The maximum Gasteiger partial charge on any atom is 0.138 e. The van der Waals surface area contributed by atoms with Crippen molar-refractivity contribution in [1.82, 2.24) is 0 Å². The topological polar surface area (TPSA) is 17.1 Å². The van der Waals surface area contributed by atoms with Crippen LogP contribution in [0.25, 0.3) is 0 Å². The van der Waals surface area contributed by atoms with Crippen LogP contribution in [0.1, 0.15) is 39.2 Å². The van der Waals surface area contributed by atoms with Gasteiger partial charge in [-0.05, 0) is 30.5 Å². The van der Waals surface area contributed by atoms with Crippen LogP contribution in [0.4, 0.5) is 0 Å². The van der Waals surface area contributed by atoms with Gasteiger partial charge in [-0.15, -0.1) is 0 Å². The van der Waals surface area contributed by atoms with E-state index in [4.69, 9.17) is 0 Å². The minimum Gasteiger partial charge on any atom is -0.299 e. The quantitative estimate of drug-likeness (QED) is 0.801. The van der Waals surface area contributed by atoms with Gasteiger partial charge in [-0.3, -0.25) is 4.79 Å². The average molecular weight is 283 g/mol. The zero-order chi connectivity index (χ0) is 12.2. The zero-order valence-electron chi connectivity index (χ0n) is 10.2. The van der Waals surface area contributed by atoms with Crippen LogP contribution >= 0.6 is 15.9 Å². The summed E-state index contributed by atoms with van der Waals surface area (Å²) in [6.07, 6.45) is 2.59. The van der Waals surface area contributed by atoms with E-state index in [1.54, 1.807) is 0 Å². The molecule has 1 nitrogen and oxygen atoms in total. The van der Waals surface area contributed by atoms with Gasteiger partial charge in [0.15, 0.2) is 0 Å². The van der Waals surface area contributed by atoms with Gasteiger partial charge >= 0.3 is 0 Å². The number of hydrogen-bond donors (Lipinski definition) is 0. The Balaban J connectivity index is 2.39. The smallest absolute Gasteiger partial charge is 0.138 e. The Hall–Kier alpha value is -0.630. The molecule has 0 N–H and O–H groups in total. The molecule has 0 spiro atoms. The Kier molecular flexibility index (Phi) is 4.72. The van der Waals surface area contributed by atoms with Crippen LogP contribution in [0.3, 0.4) is 0 Å². The second-order valence-electron chi connectivity index (χ2n) is 5.16. The molecule has 0 saturated heterocycles. The monoisotopic (exact) mass is 282 g/mol. The summed E-state index contributed by atoms with van der Waals surface area (Å²) in [7, 11) is 0. The first-order chi connectivity index (χ1) is 7.39. The Morgan fingerprint density at radius 1 is 1.31 bits per heavy atom. The first-order valence-corrected chi connectivity index (χ1v) is 6.46. The molecule has 1 aromatic carbocycles. The molecule has 88 valence electrons. The molecule has 0 aliphatic rings. The molecule has 0 unspecified atom stereocenters. The Morgan fingerprint density at radius 3 is 2.56 bits per heavy atom. The highest BCUT2D eigenvalue weighted by molar-refractivity contribution is 9.10. The lowest BCUT2D eigenvalue weighted by Crippen LogP contribution is -2.19. The standard InChI is InChI=1S/C14H19BrO/c1-14(2,3)13(16)9-5-7-11-6-4-8-12(15)10-11/h4,6,8,10H,5,7,9H2,1-3H3. The van der Waals surface area contributed by atoms with Gasteiger partial charge in [-0.2, -0.15) is 0 Å². The highest BCUT2D eigenvalue weighted by atomic mass is 79.9. The minimum atomic E-state index is -0.197. The fourth-order valence-corrected chi connectivity index (χ4v) is 1.97. The van der Waals surface area contributed by atoms with Crippen LogP contribution in [0.2, 0.25) is 0 Å². The SMILES string of the molecule is CC(C)(C)C(=O)CCCc1cccc(Br)c1. The van der Waals surface area contributed by atoms with Crippen molar-refractivity contribution < 1.29 is 4.79 Å². The summed E-state index contributed by atoms with van der Waals surface area (Å²) in [6, 6.07) is 8.27. The second kappa shape index (κ2) is 5.62. The number of Topliss-reactive ketones (excluding diaryl/α,β-unsaturated/α-hetero) is 1. The van der Waals surface area contributed by atoms with Gasteiger partial charge in [0, 0.05) is 16.3 Å². The summed E-state index contributed by atoms with van der Waals surface area (Å²) in [5, 5.41) is 0. The van der Waals surface area contributed by atoms with E-state index in [1.165, 1.54) is 5.56 Å². The van der Waals surface area contributed by atoms with Gasteiger partial charge in [0.25, 0.3) is 0 Å². The lowest BCUT2D eigenvalue weighted by Gasteiger charge is -2.16. The molecular weight excluding hydrogens is 264 g/mol. The van der Waals surface area contributed by atoms with Crippen LogP contribution in [0, 0.1) is 5.41 Å². The number of hydrogen-bond acceptors (Lipinski definition) is 1. The molecule has 0 radical (unpaired) electrons. The van der Waals surface area contributed by atoms with E-state index < -0.39 is 0 Å². The predicted octanol–water partition coefficient (Wildman–Crippen LogP) is 4.39. The van der Waals surface area contributed by atoms with E-state index in [0.717, 1.165) is 17.3 Å². The molecule has 0 saturated carbocycles. The van der Waals surface area contributed by atoms with Crippen molar-refractivity contribution in [3.63, 3.8) is 0 Å². The van der Waals surface area contributed by atoms with Crippen molar-refractivity contribution in [3.8, 4) is 0 Å². The maximum absolute atomic E-state index is 11.7. The van der Waals surface area contributed by atoms with E-state index in [2.05, 4.69) is 28.1 Å². The van der Waals surface area contributed by atoms with Crippen LogP contribution in [0.5, 0.6) is 0 Å². The van der Waals surface area contributed by atoms with Crippen molar-refractivity contribution in [1.29, 1.82) is 0 Å². The van der Waals surface area contributed by atoms with Crippen LogP contribution in [0.15, 0.2) is 28.7 Å². The molecule has 0 fully saturated rings. The average Bonchev–Trinajstić information content (AvgIpc) is 2.16. The first-order valence-electron chi connectivity index (χ1n) is 5.67. The second-order valence-corrected chi connectivity index (χ2v) is 6.07. The van der Waals surface area contributed by atoms with Gasteiger partial charge in [0.1, 0.15) is 5.78 Å². The van der Waals surface area contributed by atoms with Gasteiger partial charge < -0.3 is 0 Å². The van der Waals surface area contributed by atoms with E-state index >= 15 is 0 Å². The van der Waals surface area contributed by atoms with E-state index in [1.807, 2.05) is 32.9 Å². The summed E-state index contributed by atoms with van der Waals surface area (Å²) in [5.74, 6) is 0.350. The molecule has 16 heavy (non-hydrogen) atoms. The van der Waals surface area contributed by atoms with Crippen LogP contribution < -0.4 is 0 Å². The summed E-state index contributed by atoms with van der Waals surface area (Å²) in [6.45, 7) is 5.94. The third kappa shape index (κ3) is 4.48. The minimum absolute atomic E-state index is 0.197. The zero-order valence-corrected chi connectivity index (χ0v) is 11.8. The largest absolute Gasteiger partial charge is 0.299 e. The molecule has 2 heteroatoms. The van der Waals surface area contributed by atoms with Gasteiger partial charge in [-0.25, -0.2) is 0 Å². The third-order valence-electron chi connectivity index (χ3n) is 2.59. The van der Waals surface area contributed by atoms with Gasteiger partial charge in [-0.1, -0.05) is 48.8 Å². The number of benzene rings is 1. The molecule has 0 heterocycles. The van der Waals surface area contributed by atoms with Crippen molar-refractivity contribution >= 4 is 21.7 Å². The van der Waals surface area contributed by atoms with Crippen molar-refractivity contribution in [2.24, 2.45) is 5.41 Å².